The number of nitrogens with zero attached hydrogens (tertiary/aromatic N) is 6. The highest BCUT2D eigenvalue weighted by Crippen LogP contribution is 2.28. The molecule has 0 aliphatic carbocycles. The summed E-state index contributed by atoms with van der Waals surface area (Å²) in [4.78, 5) is 26.4. The van der Waals surface area contributed by atoms with Crippen LogP contribution in [0.5, 0.6) is 0 Å². The summed E-state index contributed by atoms with van der Waals surface area (Å²) < 4.78 is 1.82. The lowest BCUT2D eigenvalue weighted by Crippen LogP contribution is -2.49. The van der Waals surface area contributed by atoms with Gasteiger partial charge in [-0.15, -0.1) is 5.10 Å². The average molecular weight is 439 g/mol. The van der Waals surface area contributed by atoms with Crippen molar-refractivity contribution in [1.82, 2.24) is 24.5 Å². The first-order valence-electron chi connectivity index (χ1n) is 9.70. The predicted octanol–water partition coefficient (Wildman–Crippen LogP) is 3.40. The number of fused-ring (bicyclic) bond motifs is 1. The third-order valence-electron chi connectivity index (χ3n) is 5.13. The monoisotopic (exact) mass is 438 g/mol. The number of hydrogen-bond acceptors (Lipinski definition) is 6. The van der Waals surface area contributed by atoms with Gasteiger partial charge in [0.25, 0.3) is 0 Å². The van der Waals surface area contributed by atoms with E-state index < -0.39 is 0 Å². The van der Waals surface area contributed by atoms with Crippen LogP contribution in [-0.4, -0.2) is 56.6 Å². The van der Waals surface area contributed by atoms with Gasteiger partial charge in [-0.05, 0) is 24.3 Å². The first-order valence-corrected chi connectivity index (χ1v) is 10.9. The van der Waals surface area contributed by atoms with Gasteiger partial charge in [0.15, 0.2) is 0 Å². The molecule has 7 nitrogen and oxygen atoms in total. The Morgan fingerprint density at radius 3 is 2.57 bits per heavy atom. The number of aromatic nitrogens is 4. The van der Waals surface area contributed by atoms with E-state index in [-0.39, 0.29) is 5.91 Å². The second-order valence-electron chi connectivity index (χ2n) is 7.11. The molecule has 0 radical (unpaired) electrons. The maximum absolute atomic E-state index is 12.5. The Hall–Kier alpha value is -2.97. The molecule has 4 aromatic rings. The van der Waals surface area contributed by atoms with Crippen LogP contribution < -0.4 is 4.90 Å². The van der Waals surface area contributed by atoms with Crippen LogP contribution >= 0.6 is 22.9 Å². The Bertz CT molecular complexity index is 1130. The third kappa shape index (κ3) is 3.88. The molecule has 0 atom stereocenters. The molecule has 5 rings (SSSR count). The van der Waals surface area contributed by atoms with E-state index in [0.29, 0.717) is 24.5 Å². The quantitative estimate of drug-likeness (QED) is 0.488. The normalized spacial score (nSPS) is 14.4. The number of carbonyl (C=O) groups excluding carboxylic acids is 1. The average Bonchev–Trinajstić information content (AvgIpc) is 3.35. The number of rotatable bonds is 4. The first kappa shape index (κ1) is 19.0. The summed E-state index contributed by atoms with van der Waals surface area (Å²) in [7, 11) is 0. The summed E-state index contributed by atoms with van der Waals surface area (Å²) in [5.41, 5.74) is 2.70. The van der Waals surface area contributed by atoms with Gasteiger partial charge in [-0.2, -0.15) is 0 Å². The molecule has 1 aromatic carbocycles. The lowest BCUT2D eigenvalue weighted by atomic mass is 10.2. The minimum Gasteiger partial charge on any atom is -0.343 e. The van der Waals surface area contributed by atoms with Crippen LogP contribution in [-0.2, 0) is 11.2 Å². The number of piperazine rings is 1. The zero-order valence-electron chi connectivity index (χ0n) is 16.1. The lowest BCUT2D eigenvalue weighted by Gasteiger charge is -2.34. The van der Waals surface area contributed by atoms with Crippen molar-refractivity contribution in [3.8, 4) is 11.3 Å². The molecule has 1 amide bonds. The predicted molar refractivity (Wildman–Crippen MR) is 118 cm³/mol. The van der Waals surface area contributed by atoms with Crippen LogP contribution in [0.2, 0.25) is 5.02 Å². The van der Waals surface area contributed by atoms with Crippen molar-refractivity contribution < 1.29 is 4.79 Å². The van der Waals surface area contributed by atoms with E-state index in [1.807, 2.05) is 58.1 Å². The van der Waals surface area contributed by atoms with Crippen LogP contribution in [0.25, 0.3) is 16.2 Å². The summed E-state index contributed by atoms with van der Waals surface area (Å²) in [6.45, 7) is 2.89. The van der Waals surface area contributed by atoms with E-state index in [1.165, 1.54) is 0 Å². The van der Waals surface area contributed by atoms with E-state index in [2.05, 4.69) is 9.88 Å². The van der Waals surface area contributed by atoms with Gasteiger partial charge in [-0.1, -0.05) is 41.1 Å². The Morgan fingerprint density at radius 2 is 1.87 bits per heavy atom. The molecule has 1 saturated heterocycles. The van der Waals surface area contributed by atoms with Gasteiger partial charge in [-0.3, -0.25) is 9.78 Å². The largest absolute Gasteiger partial charge is 0.343 e. The van der Waals surface area contributed by atoms with Crippen molar-refractivity contribution in [2.45, 2.75) is 6.42 Å². The highest BCUT2D eigenvalue weighted by Gasteiger charge is 2.24. The number of benzene rings is 1. The van der Waals surface area contributed by atoms with Crippen LogP contribution in [0.1, 0.15) is 5.69 Å². The van der Waals surface area contributed by atoms with Crippen molar-refractivity contribution in [2.75, 3.05) is 31.1 Å². The maximum atomic E-state index is 12.5. The number of imidazole rings is 1. The fourth-order valence-corrected chi connectivity index (χ4v) is 4.55. The van der Waals surface area contributed by atoms with Crippen LogP contribution in [0.3, 0.4) is 0 Å². The molecule has 0 N–H and O–H groups in total. The summed E-state index contributed by atoms with van der Waals surface area (Å²) in [6.07, 6.45) is 4.00. The molecule has 1 fully saturated rings. The van der Waals surface area contributed by atoms with Gasteiger partial charge in [-0.25, -0.2) is 9.50 Å². The molecule has 1 aliphatic rings. The third-order valence-corrected chi connectivity index (χ3v) is 6.37. The Labute approximate surface area is 182 Å². The molecule has 152 valence electrons. The summed E-state index contributed by atoms with van der Waals surface area (Å²) in [6, 6.07) is 13.3. The van der Waals surface area contributed by atoms with Crippen LogP contribution in [0.15, 0.2) is 54.9 Å². The highest BCUT2D eigenvalue weighted by atomic mass is 35.5. The van der Waals surface area contributed by atoms with Crippen LogP contribution in [0, 0.1) is 0 Å². The molecular weight excluding hydrogens is 420 g/mol. The van der Waals surface area contributed by atoms with Crippen molar-refractivity contribution in [2.24, 2.45) is 0 Å². The number of hydrogen-bond donors (Lipinski definition) is 0. The summed E-state index contributed by atoms with van der Waals surface area (Å²) in [5.74, 6) is 0.120. The topological polar surface area (TPSA) is 66.6 Å². The fourth-order valence-electron chi connectivity index (χ4n) is 3.49. The van der Waals surface area contributed by atoms with E-state index in [1.54, 1.807) is 17.5 Å². The zero-order valence-corrected chi connectivity index (χ0v) is 17.7. The zero-order chi connectivity index (χ0) is 20.5. The Kier molecular flexibility index (Phi) is 5.10. The van der Waals surface area contributed by atoms with Crippen molar-refractivity contribution >= 4 is 38.9 Å². The van der Waals surface area contributed by atoms with Gasteiger partial charge in [0, 0.05) is 48.7 Å². The number of anilines is 1. The summed E-state index contributed by atoms with van der Waals surface area (Å²) >= 11 is 7.53. The Balaban J connectivity index is 1.23. The molecule has 0 unspecified atom stereocenters. The van der Waals surface area contributed by atoms with Crippen molar-refractivity contribution in [3.05, 3.63) is 65.6 Å². The number of halogens is 1. The SMILES string of the molecule is O=C(Cc1ccccn1)N1CCN(c2nn3cc(-c4ccc(Cl)cc4)nc3s2)CC1. The Morgan fingerprint density at radius 1 is 1.07 bits per heavy atom. The number of carbonyl (C=O) groups is 1. The smallest absolute Gasteiger partial charge is 0.228 e. The molecule has 4 heterocycles. The van der Waals surface area contributed by atoms with Gasteiger partial charge >= 0.3 is 0 Å². The fraction of sp³-hybridized carbons (Fsp3) is 0.238. The molecule has 0 spiro atoms. The first-order chi connectivity index (χ1) is 14.7. The van der Waals surface area contributed by atoms with E-state index in [9.17, 15) is 4.79 Å². The van der Waals surface area contributed by atoms with E-state index in [0.717, 1.165) is 40.1 Å². The second-order valence-corrected chi connectivity index (χ2v) is 8.48. The minimum absolute atomic E-state index is 0.120. The van der Waals surface area contributed by atoms with Gasteiger partial charge in [0.05, 0.1) is 18.3 Å². The maximum Gasteiger partial charge on any atom is 0.228 e. The number of amides is 1. The molecule has 3 aromatic heterocycles. The minimum atomic E-state index is 0.120. The lowest BCUT2D eigenvalue weighted by molar-refractivity contribution is -0.130. The number of pyridine rings is 1. The van der Waals surface area contributed by atoms with E-state index >= 15 is 0 Å². The standard InChI is InChI=1S/C21H19ClN6OS/c22-16-6-4-15(5-7-16)18-14-28-20(24-18)30-21(25-28)27-11-9-26(10-12-27)19(29)13-17-3-1-2-8-23-17/h1-8,14H,9-13H2. The van der Waals surface area contributed by atoms with Crippen molar-refractivity contribution in [1.29, 1.82) is 0 Å². The molecule has 1 aliphatic heterocycles. The molecule has 0 saturated carbocycles. The van der Waals surface area contributed by atoms with E-state index in [4.69, 9.17) is 21.7 Å². The van der Waals surface area contributed by atoms with Crippen LogP contribution in [0.4, 0.5) is 5.13 Å². The van der Waals surface area contributed by atoms with Gasteiger partial charge in [0.1, 0.15) is 0 Å². The van der Waals surface area contributed by atoms with Gasteiger partial charge < -0.3 is 9.80 Å². The second kappa shape index (κ2) is 8.04. The molecule has 9 heteroatoms. The molecule has 0 bridgehead atoms. The highest BCUT2D eigenvalue weighted by molar-refractivity contribution is 7.20. The molecule has 30 heavy (non-hydrogen) atoms. The van der Waals surface area contributed by atoms with Crippen molar-refractivity contribution in [3.63, 3.8) is 0 Å². The molecular formula is C21H19ClN6OS. The summed E-state index contributed by atoms with van der Waals surface area (Å²) in [5, 5.41) is 6.33. The van der Waals surface area contributed by atoms with Gasteiger partial charge in [0.2, 0.25) is 16.0 Å².